The standard InChI is InChI=1S/C14H19ClFNO/c1-18-10-11-4-3-7-17(8-11)9-12-13(15)5-2-6-14(12)16/h2,5-6,11H,3-4,7-10H2,1H3/t11-/m1/s1. The van der Waals surface area contributed by atoms with Gasteiger partial charge in [-0.3, -0.25) is 4.90 Å². The van der Waals surface area contributed by atoms with Crippen LogP contribution in [0.1, 0.15) is 18.4 Å². The van der Waals surface area contributed by atoms with E-state index < -0.39 is 0 Å². The van der Waals surface area contributed by atoms with Gasteiger partial charge in [-0.1, -0.05) is 17.7 Å². The highest BCUT2D eigenvalue weighted by Crippen LogP contribution is 2.24. The molecule has 2 rings (SSSR count). The van der Waals surface area contributed by atoms with Gasteiger partial charge in [-0.05, 0) is 37.4 Å². The van der Waals surface area contributed by atoms with E-state index in [1.807, 2.05) is 0 Å². The van der Waals surface area contributed by atoms with Crippen LogP contribution < -0.4 is 0 Å². The van der Waals surface area contributed by atoms with Gasteiger partial charge in [-0.2, -0.15) is 0 Å². The van der Waals surface area contributed by atoms with Crippen LogP contribution in [0, 0.1) is 11.7 Å². The molecule has 1 aromatic carbocycles. The van der Waals surface area contributed by atoms with E-state index in [0.29, 0.717) is 23.0 Å². The van der Waals surface area contributed by atoms with Crippen LogP contribution in [0.4, 0.5) is 4.39 Å². The molecule has 0 aliphatic carbocycles. The summed E-state index contributed by atoms with van der Waals surface area (Å²) in [4.78, 5) is 2.26. The molecule has 4 heteroatoms. The van der Waals surface area contributed by atoms with Crippen molar-refractivity contribution in [1.82, 2.24) is 4.90 Å². The number of nitrogens with zero attached hydrogens (tertiary/aromatic N) is 1. The van der Waals surface area contributed by atoms with E-state index in [9.17, 15) is 4.39 Å². The third kappa shape index (κ3) is 3.44. The van der Waals surface area contributed by atoms with Crippen LogP contribution >= 0.6 is 11.6 Å². The fourth-order valence-corrected chi connectivity index (χ4v) is 2.80. The van der Waals surface area contributed by atoms with E-state index >= 15 is 0 Å². The van der Waals surface area contributed by atoms with Crippen molar-refractivity contribution in [3.8, 4) is 0 Å². The van der Waals surface area contributed by atoms with Crippen LogP contribution in [0.2, 0.25) is 5.02 Å². The Morgan fingerprint density at radius 1 is 1.50 bits per heavy atom. The normalized spacial score (nSPS) is 21.2. The molecule has 1 aliphatic rings. The Kier molecular flexibility index (Phi) is 4.98. The Bertz CT molecular complexity index is 377. The third-order valence-electron chi connectivity index (χ3n) is 3.45. The van der Waals surface area contributed by atoms with Gasteiger partial charge in [0.2, 0.25) is 0 Å². The molecule has 0 bridgehead atoms. The molecule has 1 heterocycles. The number of likely N-dealkylation sites (tertiary alicyclic amines) is 1. The SMILES string of the molecule is COC[C@@H]1CCCN(Cc2c(F)cccc2Cl)C1. The van der Waals surface area contributed by atoms with Gasteiger partial charge in [0, 0.05) is 30.8 Å². The van der Waals surface area contributed by atoms with E-state index in [4.69, 9.17) is 16.3 Å². The summed E-state index contributed by atoms with van der Waals surface area (Å²) in [6.07, 6.45) is 2.33. The maximum Gasteiger partial charge on any atom is 0.129 e. The highest BCUT2D eigenvalue weighted by Gasteiger charge is 2.21. The van der Waals surface area contributed by atoms with Gasteiger partial charge in [-0.15, -0.1) is 0 Å². The molecule has 0 N–H and O–H groups in total. The summed E-state index contributed by atoms with van der Waals surface area (Å²) >= 11 is 6.05. The molecule has 1 aromatic rings. The molecule has 0 amide bonds. The summed E-state index contributed by atoms with van der Waals surface area (Å²) < 4.78 is 18.9. The molecule has 1 aliphatic heterocycles. The number of piperidine rings is 1. The fraction of sp³-hybridized carbons (Fsp3) is 0.571. The second kappa shape index (κ2) is 6.50. The van der Waals surface area contributed by atoms with Crippen LogP contribution in [0.25, 0.3) is 0 Å². The first-order valence-electron chi connectivity index (χ1n) is 6.35. The Hall–Kier alpha value is -0.640. The summed E-state index contributed by atoms with van der Waals surface area (Å²) in [5.74, 6) is 0.339. The fourth-order valence-electron chi connectivity index (χ4n) is 2.57. The van der Waals surface area contributed by atoms with Crippen molar-refractivity contribution in [2.24, 2.45) is 5.92 Å². The van der Waals surface area contributed by atoms with Crippen LogP contribution in [0.15, 0.2) is 18.2 Å². The highest BCUT2D eigenvalue weighted by atomic mass is 35.5. The molecule has 0 spiro atoms. The van der Waals surface area contributed by atoms with Gasteiger partial charge >= 0.3 is 0 Å². The lowest BCUT2D eigenvalue weighted by atomic mass is 9.98. The minimum absolute atomic E-state index is 0.212. The first kappa shape index (κ1) is 13.8. The van der Waals surface area contributed by atoms with E-state index in [1.165, 1.54) is 12.5 Å². The Morgan fingerprint density at radius 3 is 3.06 bits per heavy atom. The van der Waals surface area contributed by atoms with Gasteiger partial charge in [0.15, 0.2) is 0 Å². The number of hydrogen-bond acceptors (Lipinski definition) is 2. The largest absolute Gasteiger partial charge is 0.384 e. The quantitative estimate of drug-likeness (QED) is 0.833. The Morgan fingerprint density at radius 2 is 2.33 bits per heavy atom. The zero-order valence-corrected chi connectivity index (χ0v) is 11.4. The Labute approximate surface area is 113 Å². The van der Waals surface area contributed by atoms with Crippen molar-refractivity contribution in [2.75, 3.05) is 26.8 Å². The highest BCUT2D eigenvalue weighted by molar-refractivity contribution is 6.31. The molecule has 0 unspecified atom stereocenters. The molecule has 0 aromatic heterocycles. The number of ether oxygens (including phenoxy) is 1. The number of rotatable bonds is 4. The zero-order chi connectivity index (χ0) is 13.0. The number of methoxy groups -OCH3 is 1. The molecule has 18 heavy (non-hydrogen) atoms. The lowest BCUT2D eigenvalue weighted by Gasteiger charge is -2.32. The van der Waals surface area contributed by atoms with Crippen molar-refractivity contribution in [3.63, 3.8) is 0 Å². The summed E-state index contributed by atoms with van der Waals surface area (Å²) in [5, 5.41) is 0.517. The summed E-state index contributed by atoms with van der Waals surface area (Å²) in [5.41, 5.74) is 0.609. The van der Waals surface area contributed by atoms with Crippen molar-refractivity contribution >= 4 is 11.6 Å². The van der Waals surface area contributed by atoms with Crippen molar-refractivity contribution in [2.45, 2.75) is 19.4 Å². The predicted octanol–water partition coefficient (Wildman–Crippen LogP) is 3.34. The summed E-state index contributed by atoms with van der Waals surface area (Å²) in [6, 6.07) is 4.86. The molecule has 0 saturated carbocycles. The summed E-state index contributed by atoms with van der Waals surface area (Å²) in [7, 11) is 1.73. The monoisotopic (exact) mass is 271 g/mol. The van der Waals surface area contributed by atoms with Crippen LogP contribution in [-0.4, -0.2) is 31.7 Å². The van der Waals surface area contributed by atoms with Gasteiger partial charge in [0.1, 0.15) is 5.82 Å². The first-order chi connectivity index (χ1) is 8.70. The van der Waals surface area contributed by atoms with Crippen molar-refractivity contribution in [3.05, 3.63) is 34.6 Å². The maximum atomic E-state index is 13.7. The topological polar surface area (TPSA) is 12.5 Å². The van der Waals surface area contributed by atoms with E-state index in [-0.39, 0.29) is 5.82 Å². The Balaban J connectivity index is 2.00. The van der Waals surface area contributed by atoms with E-state index in [2.05, 4.69) is 4.90 Å². The number of benzene rings is 1. The van der Waals surface area contributed by atoms with Crippen molar-refractivity contribution in [1.29, 1.82) is 0 Å². The van der Waals surface area contributed by atoms with Gasteiger partial charge < -0.3 is 4.74 Å². The average Bonchev–Trinajstić information content (AvgIpc) is 2.35. The minimum Gasteiger partial charge on any atom is -0.384 e. The molecule has 2 nitrogen and oxygen atoms in total. The molecule has 1 fully saturated rings. The molecular weight excluding hydrogens is 253 g/mol. The molecule has 1 saturated heterocycles. The number of hydrogen-bond donors (Lipinski definition) is 0. The summed E-state index contributed by atoms with van der Waals surface area (Å²) in [6.45, 7) is 3.33. The number of halogens is 2. The minimum atomic E-state index is -0.212. The molecular formula is C14H19ClFNO. The molecule has 100 valence electrons. The molecule has 0 radical (unpaired) electrons. The van der Waals surface area contributed by atoms with Crippen LogP contribution in [0.5, 0.6) is 0 Å². The van der Waals surface area contributed by atoms with E-state index in [0.717, 1.165) is 26.1 Å². The zero-order valence-electron chi connectivity index (χ0n) is 10.7. The maximum absolute atomic E-state index is 13.7. The first-order valence-corrected chi connectivity index (χ1v) is 6.72. The van der Waals surface area contributed by atoms with Crippen molar-refractivity contribution < 1.29 is 9.13 Å². The predicted molar refractivity (Wildman–Crippen MR) is 71.3 cm³/mol. The second-order valence-corrected chi connectivity index (χ2v) is 5.31. The smallest absolute Gasteiger partial charge is 0.129 e. The van der Waals surface area contributed by atoms with Crippen LogP contribution in [-0.2, 0) is 11.3 Å². The third-order valence-corrected chi connectivity index (χ3v) is 3.80. The van der Waals surface area contributed by atoms with Gasteiger partial charge in [-0.25, -0.2) is 4.39 Å². The molecule has 1 atom stereocenters. The van der Waals surface area contributed by atoms with Gasteiger partial charge in [0.25, 0.3) is 0 Å². The average molecular weight is 272 g/mol. The second-order valence-electron chi connectivity index (χ2n) is 4.90. The lowest BCUT2D eigenvalue weighted by Crippen LogP contribution is -2.36. The lowest BCUT2D eigenvalue weighted by molar-refractivity contribution is 0.0869. The van der Waals surface area contributed by atoms with Gasteiger partial charge in [0.05, 0.1) is 6.61 Å². The van der Waals surface area contributed by atoms with Crippen LogP contribution in [0.3, 0.4) is 0 Å². The van der Waals surface area contributed by atoms with E-state index in [1.54, 1.807) is 19.2 Å².